The van der Waals surface area contributed by atoms with Gasteiger partial charge in [0.2, 0.25) is 10.0 Å². The van der Waals surface area contributed by atoms with E-state index in [9.17, 15) is 17.2 Å². The van der Waals surface area contributed by atoms with Gasteiger partial charge in [0.15, 0.2) is 0 Å². The fourth-order valence-corrected chi connectivity index (χ4v) is 3.22. The van der Waals surface area contributed by atoms with Crippen LogP contribution in [-0.4, -0.2) is 49.7 Å². The third-order valence-corrected chi connectivity index (χ3v) is 4.05. The summed E-state index contributed by atoms with van der Waals surface area (Å²) in [6.07, 6.45) is -2.73. The molecule has 0 aliphatic carbocycles. The summed E-state index contributed by atoms with van der Waals surface area (Å²) in [6.45, 7) is 3.52. The van der Waals surface area contributed by atoms with Gasteiger partial charge in [0, 0.05) is 6.54 Å². The first kappa shape index (κ1) is 15.7. The maximum atomic E-state index is 12.2. The molecule has 1 N–H and O–H groups in total. The van der Waals surface area contributed by atoms with Crippen molar-refractivity contribution in [2.75, 3.05) is 25.4 Å². The van der Waals surface area contributed by atoms with E-state index in [2.05, 4.69) is 0 Å². The number of hydrogen-bond acceptors (Lipinski definition) is 3. The third-order valence-electron chi connectivity index (χ3n) is 1.70. The van der Waals surface area contributed by atoms with Crippen molar-refractivity contribution in [3.63, 3.8) is 0 Å². The molecular formula is C9H19F2NO3S. The van der Waals surface area contributed by atoms with Gasteiger partial charge in [-0.2, -0.15) is 4.31 Å². The van der Waals surface area contributed by atoms with Crippen LogP contribution < -0.4 is 0 Å². The molecule has 0 saturated heterocycles. The molecule has 0 amide bonds. The number of sulfonamides is 1. The first-order chi connectivity index (χ1) is 7.08. The molecule has 0 aliphatic rings. The van der Waals surface area contributed by atoms with Crippen LogP contribution in [0.1, 0.15) is 20.8 Å². The van der Waals surface area contributed by atoms with Crippen molar-refractivity contribution in [1.82, 2.24) is 4.31 Å². The molecule has 0 heterocycles. The van der Waals surface area contributed by atoms with Gasteiger partial charge in [-0.1, -0.05) is 20.8 Å². The summed E-state index contributed by atoms with van der Waals surface area (Å²) >= 11 is 0. The molecule has 4 nitrogen and oxygen atoms in total. The topological polar surface area (TPSA) is 57.6 Å². The number of nitrogens with zero attached hydrogens (tertiary/aromatic N) is 1. The normalized spacial score (nSPS) is 13.8. The van der Waals surface area contributed by atoms with Crippen molar-refractivity contribution in [3.05, 3.63) is 0 Å². The van der Waals surface area contributed by atoms with Crippen LogP contribution in [0.25, 0.3) is 0 Å². The molecule has 0 aromatic heterocycles. The Balaban J connectivity index is 4.76. The largest absolute Gasteiger partial charge is 0.395 e. The molecule has 0 aliphatic heterocycles. The Morgan fingerprint density at radius 2 is 1.81 bits per heavy atom. The van der Waals surface area contributed by atoms with Gasteiger partial charge in [0.1, 0.15) is 0 Å². The van der Waals surface area contributed by atoms with Gasteiger partial charge in [-0.3, -0.25) is 0 Å². The second kappa shape index (κ2) is 5.88. The summed E-state index contributed by atoms with van der Waals surface area (Å²) in [5.74, 6) is -0.216. The summed E-state index contributed by atoms with van der Waals surface area (Å²) in [4.78, 5) is 0. The second-order valence-electron chi connectivity index (χ2n) is 4.79. The lowest BCUT2D eigenvalue weighted by Crippen LogP contribution is -2.41. The zero-order valence-corrected chi connectivity index (χ0v) is 10.6. The molecule has 0 aromatic carbocycles. The van der Waals surface area contributed by atoms with Gasteiger partial charge < -0.3 is 5.11 Å². The van der Waals surface area contributed by atoms with Crippen LogP contribution in [0.15, 0.2) is 0 Å². The van der Waals surface area contributed by atoms with E-state index in [0.717, 1.165) is 0 Å². The van der Waals surface area contributed by atoms with E-state index in [1.165, 1.54) is 0 Å². The summed E-state index contributed by atoms with van der Waals surface area (Å²) < 4.78 is 48.5. The lowest BCUT2D eigenvalue weighted by Gasteiger charge is -2.25. The Bertz CT molecular complexity index is 298. The van der Waals surface area contributed by atoms with E-state index in [1.54, 1.807) is 20.8 Å². The molecule has 16 heavy (non-hydrogen) atoms. The minimum atomic E-state index is -3.74. The van der Waals surface area contributed by atoms with Gasteiger partial charge >= 0.3 is 0 Å². The van der Waals surface area contributed by atoms with Crippen molar-refractivity contribution in [1.29, 1.82) is 0 Å². The molecule has 0 spiro atoms. The number of aliphatic hydroxyl groups excluding tert-OH is 1. The Hall–Kier alpha value is -0.270. The summed E-state index contributed by atoms with van der Waals surface area (Å²) in [5, 5.41) is 8.66. The number of alkyl halides is 2. The lowest BCUT2D eigenvalue weighted by atomic mass is 10.0. The van der Waals surface area contributed by atoms with Gasteiger partial charge in [0.05, 0.1) is 18.9 Å². The van der Waals surface area contributed by atoms with Gasteiger partial charge in [0.25, 0.3) is 6.43 Å². The van der Waals surface area contributed by atoms with Crippen LogP contribution in [0.2, 0.25) is 0 Å². The fourth-order valence-electron chi connectivity index (χ4n) is 1.25. The molecule has 98 valence electrons. The molecule has 0 unspecified atom stereocenters. The Kier molecular flexibility index (Phi) is 5.78. The lowest BCUT2D eigenvalue weighted by molar-refractivity contribution is 0.112. The van der Waals surface area contributed by atoms with E-state index in [-0.39, 0.29) is 12.3 Å². The van der Waals surface area contributed by atoms with E-state index in [1.807, 2.05) is 0 Å². The predicted molar refractivity (Wildman–Crippen MR) is 57.9 cm³/mol. The quantitative estimate of drug-likeness (QED) is 0.771. The van der Waals surface area contributed by atoms with E-state index >= 15 is 0 Å². The fraction of sp³-hybridized carbons (Fsp3) is 1.00. The van der Waals surface area contributed by atoms with Crippen molar-refractivity contribution in [3.8, 4) is 0 Å². The number of hydrogen-bond donors (Lipinski definition) is 1. The average molecular weight is 259 g/mol. The van der Waals surface area contributed by atoms with Crippen LogP contribution in [0.5, 0.6) is 0 Å². The van der Waals surface area contributed by atoms with Crippen LogP contribution >= 0.6 is 0 Å². The third kappa shape index (κ3) is 6.34. The maximum Gasteiger partial charge on any atom is 0.252 e. The minimum Gasteiger partial charge on any atom is -0.395 e. The highest BCUT2D eigenvalue weighted by molar-refractivity contribution is 7.89. The highest BCUT2D eigenvalue weighted by Crippen LogP contribution is 2.19. The SMILES string of the molecule is CC(C)(C)CS(=O)(=O)N(CCO)CC(F)F. The molecular weight excluding hydrogens is 240 g/mol. The number of halogens is 2. The van der Waals surface area contributed by atoms with Gasteiger partial charge in [-0.05, 0) is 5.41 Å². The molecule has 0 saturated carbocycles. The highest BCUT2D eigenvalue weighted by atomic mass is 32.2. The van der Waals surface area contributed by atoms with Crippen molar-refractivity contribution in [2.45, 2.75) is 27.2 Å². The average Bonchev–Trinajstić information content (AvgIpc) is 1.97. The standard InChI is InChI=1S/C9H19F2NO3S/c1-9(2,3)7-16(14,15)12(4-5-13)6-8(10)11/h8,13H,4-7H2,1-3H3. The molecule has 0 fully saturated rings. The van der Waals surface area contributed by atoms with Crippen LogP contribution in [0, 0.1) is 5.41 Å². The van der Waals surface area contributed by atoms with E-state index < -0.39 is 35.0 Å². The van der Waals surface area contributed by atoms with Crippen LogP contribution in [0.3, 0.4) is 0 Å². The van der Waals surface area contributed by atoms with Gasteiger partial charge in [-0.25, -0.2) is 17.2 Å². The van der Waals surface area contributed by atoms with Crippen molar-refractivity contribution >= 4 is 10.0 Å². The summed E-state index contributed by atoms with van der Waals surface area (Å²) in [6, 6.07) is 0. The van der Waals surface area contributed by atoms with Crippen molar-refractivity contribution in [2.24, 2.45) is 5.41 Å². The van der Waals surface area contributed by atoms with E-state index in [0.29, 0.717) is 4.31 Å². The molecule has 0 rings (SSSR count). The zero-order valence-electron chi connectivity index (χ0n) is 9.78. The van der Waals surface area contributed by atoms with Gasteiger partial charge in [-0.15, -0.1) is 0 Å². The highest BCUT2D eigenvalue weighted by Gasteiger charge is 2.29. The Morgan fingerprint density at radius 1 is 1.31 bits per heavy atom. The van der Waals surface area contributed by atoms with Crippen LogP contribution in [-0.2, 0) is 10.0 Å². The maximum absolute atomic E-state index is 12.2. The Morgan fingerprint density at radius 3 is 2.12 bits per heavy atom. The predicted octanol–water partition coefficient (Wildman–Crippen LogP) is 0.922. The first-order valence-corrected chi connectivity index (χ1v) is 6.56. The number of aliphatic hydroxyl groups is 1. The molecule has 0 aromatic rings. The first-order valence-electron chi connectivity index (χ1n) is 4.95. The second-order valence-corrected chi connectivity index (χ2v) is 6.76. The van der Waals surface area contributed by atoms with Crippen LogP contribution in [0.4, 0.5) is 8.78 Å². The van der Waals surface area contributed by atoms with E-state index in [4.69, 9.17) is 5.11 Å². The van der Waals surface area contributed by atoms with Crippen molar-refractivity contribution < 1.29 is 22.3 Å². The summed E-state index contributed by atoms with van der Waals surface area (Å²) in [5.41, 5.74) is -0.505. The monoisotopic (exact) mass is 259 g/mol. The zero-order chi connectivity index (χ0) is 13.0. The molecule has 0 bridgehead atoms. The molecule has 7 heteroatoms. The minimum absolute atomic E-state index is 0.216. The molecule has 0 radical (unpaired) electrons. The smallest absolute Gasteiger partial charge is 0.252 e. The molecule has 0 atom stereocenters. The Labute approximate surface area is 95.3 Å². The summed E-state index contributed by atoms with van der Waals surface area (Å²) in [7, 11) is -3.74. The number of rotatable bonds is 6.